The van der Waals surface area contributed by atoms with Crippen LogP contribution in [-0.4, -0.2) is 10.1 Å². The van der Waals surface area contributed by atoms with E-state index in [4.69, 9.17) is 11.6 Å². The van der Waals surface area contributed by atoms with Crippen LogP contribution in [0.2, 0.25) is 5.02 Å². The van der Waals surface area contributed by atoms with Crippen LogP contribution in [0.5, 0.6) is 0 Å². The van der Waals surface area contributed by atoms with E-state index in [1.807, 2.05) is 0 Å². The number of nitro groups is 1. The Morgan fingerprint density at radius 2 is 2.29 bits per heavy atom. The number of hydrogen-bond acceptors (Lipinski definition) is 5. The minimum atomic E-state index is -0.489. The van der Waals surface area contributed by atoms with Crippen molar-refractivity contribution in [2.24, 2.45) is 0 Å². The lowest BCUT2D eigenvalue weighted by Crippen LogP contribution is -2.03. The standard InChI is InChI=1S/C10H8ClN3O3/c11-8-2-1-3-9(14(15)16)10(8)12-6-7-4-5-17-13-7/h1-5,12H,6H2. The third-order valence-corrected chi connectivity index (χ3v) is 2.44. The normalized spacial score (nSPS) is 10.2. The van der Waals surface area contributed by atoms with Crippen molar-refractivity contribution < 1.29 is 9.45 Å². The maximum Gasteiger partial charge on any atom is 0.293 e. The SMILES string of the molecule is O=[N+]([O-])c1cccc(Cl)c1NCc1ccon1. The van der Waals surface area contributed by atoms with E-state index in [1.54, 1.807) is 12.1 Å². The van der Waals surface area contributed by atoms with Crippen molar-refractivity contribution in [1.82, 2.24) is 5.16 Å². The molecule has 0 aliphatic carbocycles. The molecule has 1 heterocycles. The molecular weight excluding hydrogens is 246 g/mol. The summed E-state index contributed by atoms with van der Waals surface area (Å²) in [6.07, 6.45) is 1.43. The molecule has 0 radical (unpaired) electrons. The molecule has 1 aromatic heterocycles. The van der Waals surface area contributed by atoms with Crippen LogP contribution < -0.4 is 5.32 Å². The predicted octanol–water partition coefficient (Wildman–Crippen LogP) is 2.85. The molecule has 0 amide bonds. The fraction of sp³-hybridized carbons (Fsp3) is 0.100. The molecule has 88 valence electrons. The first-order chi connectivity index (χ1) is 8.18. The number of nitro benzene ring substituents is 1. The first-order valence-electron chi connectivity index (χ1n) is 4.74. The van der Waals surface area contributed by atoms with Crippen LogP contribution in [-0.2, 0) is 6.54 Å². The highest BCUT2D eigenvalue weighted by Crippen LogP contribution is 2.31. The van der Waals surface area contributed by atoms with Gasteiger partial charge < -0.3 is 9.84 Å². The van der Waals surface area contributed by atoms with Gasteiger partial charge >= 0.3 is 0 Å². The van der Waals surface area contributed by atoms with Crippen molar-refractivity contribution >= 4 is 23.0 Å². The average molecular weight is 254 g/mol. The van der Waals surface area contributed by atoms with Gasteiger partial charge in [0.05, 0.1) is 16.5 Å². The van der Waals surface area contributed by atoms with Gasteiger partial charge in [-0.25, -0.2) is 0 Å². The molecule has 1 N–H and O–H groups in total. The van der Waals surface area contributed by atoms with Gasteiger partial charge in [0.15, 0.2) is 0 Å². The van der Waals surface area contributed by atoms with Crippen molar-refractivity contribution in [2.75, 3.05) is 5.32 Å². The highest BCUT2D eigenvalue weighted by Gasteiger charge is 2.16. The third kappa shape index (κ3) is 2.54. The van der Waals surface area contributed by atoms with E-state index in [0.717, 1.165) is 0 Å². The van der Waals surface area contributed by atoms with Crippen molar-refractivity contribution in [1.29, 1.82) is 0 Å². The molecule has 17 heavy (non-hydrogen) atoms. The number of para-hydroxylation sites is 1. The van der Waals surface area contributed by atoms with E-state index in [1.165, 1.54) is 18.4 Å². The molecule has 0 atom stereocenters. The van der Waals surface area contributed by atoms with E-state index < -0.39 is 4.92 Å². The molecule has 0 aliphatic rings. The number of benzene rings is 1. The molecule has 2 aromatic rings. The number of nitrogens with one attached hydrogen (secondary N) is 1. The van der Waals surface area contributed by atoms with E-state index in [2.05, 4.69) is 15.0 Å². The number of halogens is 1. The van der Waals surface area contributed by atoms with E-state index in [9.17, 15) is 10.1 Å². The van der Waals surface area contributed by atoms with Crippen LogP contribution in [0.25, 0.3) is 0 Å². The first kappa shape index (κ1) is 11.4. The number of hydrogen-bond donors (Lipinski definition) is 1. The summed E-state index contributed by atoms with van der Waals surface area (Å²) in [6, 6.07) is 6.16. The van der Waals surface area contributed by atoms with Gasteiger partial charge in [-0.2, -0.15) is 0 Å². The van der Waals surface area contributed by atoms with Gasteiger partial charge in [-0.3, -0.25) is 10.1 Å². The molecule has 0 saturated carbocycles. The third-order valence-electron chi connectivity index (χ3n) is 2.13. The van der Waals surface area contributed by atoms with Gasteiger partial charge in [-0.1, -0.05) is 22.8 Å². The summed E-state index contributed by atoms with van der Waals surface area (Å²) in [5.74, 6) is 0. The molecule has 0 aliphatic heterocycles. The van der Waals surface area contributed by atoms with Crippen LogP contribution in [0, 0.1) is 10.1 Å². The maximum absolute atomic E-state index is 10.8. The quantitative estimate of drug-likeness (QED) is 0.669. The van der Waals surface area contributed by atoms with E-state index in [0.29, 0.717) is 17.3 Å². The zero-order valence-electron chi connectivity index (χ0n) is 8.59. The highest BCUT2D eigenvalue weighted by atomic mass is 35.5. The van der Waals surface area contributed by atoms with Crippen LogP contribution >= 0.6 is 11.6 Å². The molecule has 0 bridgehead atoms. The summed E-state index contributed by atoms with van der Waals surface area (Å²) in [5.41, 5.74) is 0.849. The van der Waals surface area contributed by atoms with Gasteiger partial charge in [0, 0.05) is 12.1 Å². The van der Waals surface area contributed by atoms with Crippen molar-refractivity contribution in [3.8, 4) is 0 Å². The largest absolute Gasteiger partial charge is 0.372 e. The summed E-state index contributed by atoms with van der Waals surface area (Å²) in [7, 11) is 0. The second-order valence-electron chi connectivity index (χ2n) is 3.24. The van der Waals surface area contributed by atoms with Crippen LogP contribution in [0.4, 0.5) is 11.4 Å². The molecule has 0 saturated heterocycles. The summed E-state index contributed by atoms with van der Waals surface area (Å²) in [6.45, 7) is 0.307. The summed E-state index contributed by atoms with van der Waals surface area (Å²) in [4.78, 5) is 10.3. The molecule has 2 rings (SSSR count). The highest BCUT2D eigenvalue weighted by molar-refractivity contribution is 6.33. The zero-order chi connectivity index (χ0) is 12.3. The molecule has 0 unspecified atom stereocenters. The number of rotatable bonds is 4. The van der Waals surface area contributed by atoms with Crippen molar-refractivity contribution in [3.63, 3.8) is 0 Å². The predicted molar refractivity (Wildman–Crippen MR) is 61.9 cm³/mol. The Morgan fingerprint density at radius 3 is 2.94 bits per heavy atom. The van der Waals surface area contributed by atoms with Crippen molar-refractivity contribution in [3.05, 3.63) is 51.4 Å². The monoisotopic (exact) mass is 253 g/mol. The lowest BCUT2D eigenvalue weighted by atomic mass is 10.2. The zero-order valence-corrected chi connectivity index (χ0v) is 9.35. The second kappa shape index (κ2) is 4.84. The molecular formula is C10H8ClN3O3. The fourth-order valence-corrected chi connectivity index (χ4v) is 1.58. The minimum absolute atomic E-state index is 0.0685. The molecule has 0 fully saturated rings. The summed E-state index contributed by atoms with van der Waals surface area (Å²) >= 11 is 5.90. The lowest BCUT2D eigenvalue weighted by molar-refractivity contribution is -0.383. The van der Waals surface area contributed by atoms with Crippen LogP contribution in [0.15, 0.2) is 35.1 Å². The van der Waals surface area contributed by atoms with Crippen LogP contribution in [0.1, 0.15) is 5.69 Å². The van der Waals surface area contributed by atoms with Crippen LogP contribution in [0.3, 0.4) is 0 Å². The Bertz CT molecular complexity index is 528. The smallest absolute Gasteiger partial charge is 0.293 e. The summed E-state index contributed by atoms with van der Waals surface area (Å²) < 4.78 is 4.65. The Hall–Kier alpha value is -2.08. The first-order valence-corrected chi connectivity index (χ1v) is 5.12. The molecule has 1 aromatic carbocycles. The minimum Gasteiger partial charge on any atom is -0.372 e. The van der Waals surface area contributed by atoms with E-state index in [-0.39, 0.29) is 11.4 Å². The number of aromatic nitrogens is 1. The number of anilines is 1. The van der Waals surface area contributed by atoms with E-state index >= 15 is 0 Å². The van der Waals surface area contributed by atoms with Gasteiger partial charge in [-0.15, -0.1) is 0 Å². The van der Waals surface area contributed by atoms with Gasteiger partial charge in [-0.05, 0) is 6.07 Å². The number of nitrogens with zero attached hydrogens (tertiary/aromatic N) is 2. The Labute approximate surface area is 101 Å². The Kier molecular flexibility index (Phi) is 3.24. The second-order valence-corrected chi connectivity index (χ2v) is 3.64. The molecule has 0 spiro atoms. The topological polar surface area (TPSA) is 81.2 Å². The fourth-order valence-electron chi connectivity index (χ4n) is 1.35. The van der Waals surface area contributed by atoms with Gasteiger partial charge in [0.2, 0.25) is 0 Å². The van der Waals surface area contributed by atoms with Gasteiger partial charge in [0.25, 0.3) is 5.69 Å². The molecule has 6 nitrogen and oxygen atoms in total. The van der Waals surface area contributed by atoms with Crippen molar-refractivity contribution in [2.45, 2.75) is 6.54 Å². The lowest BCUT2D eigenvalue weighted by Gasteiger charge is -2.06. The average Bonchev–Trinajstić information content (AvgIpc) is 2.80. The van der Waals surface area contributed by atoms with Gasteiger partial charge in [0.1, 0.15) is 17.6 Å². The Balaban J connectivity index is 2.22. The summed E-state index contributed by atoms with van der Waals surface area (Å²) in [5, 5.41) is 17.7. The maximum atomic E-state index is 10.8. The Morgan fingerprint density at radius 1 is 1.47 bits per heavy atom. The molecule has 7 heteroatoms.